The largest absolute Gasteiger partial charge is 0.384 e. The molecule has 1 fully saturated rings. The zero-order valence-electron chi connectivity index (χ0n) is 14.8. The van der Waals surface area contributed by atoms with E-state index in [1.165, 1.54) is 0 Å². The summed E-state index contributed by atoms with van der Waals surface area (Å²) in [5.74, 6) is -0.0391. The Labute approximate surface area is 152 Å². The number of hydrogen-bond acceptors (Lipinski definition) is 5. The third kappa shape index (κ3) is 4.45. The highest BCUT2D eigenvalue weighted by Gasteiger charge is 2.32. The van der Waals surface area contributed by atoms with Crippen LogP contribution in [0.25, 0.3) is 11.3 Å². The van der Waals surface area contributed by atoms with Crippen LogP contribution < -0.4 is 10.6 Å². The Bertz CT molecular complexity index is 717. The summed E-state index contributed by atoms with van der Waals surface area (Å²) in [7, 11) is 1.73. The molecule has 1 aromatic heterocycles. The van der Waals surface area contributed by atoms with E-state index in [2.05, 4.69) is 15.6 Å². The van der Waals surface area contributed by atoms with E-state index in [1.54, 1.807) is 18.4 Å². The molecule has 0 spiro atoms. The first-order chi connectivity index (χ1) is 12.1. The molecule has 0 bridgehead atoms. The molecule has 2 N–H and O–H groups in total. The number of methoxy groups -OCH3 is 1. The van der Waals surface area contributed by atoms with Crippen molar-refractivity contribution < 1.29 is 9.53 Å². The number of amides is 1. The Morgan fingerprint density at radius 1 is 1.40 bits per heavy atom. The van der Waals surface area contributed by atoms with Crippen LogP contribution in [-0.4, -0.2) is 44.2 Å². The van der Waals surface area contributed by atoms with Gasteiger partial charge in [0.2, 0.25) is 0 Å². The fourth-order valence-corrected chi connectivity index (χ4v) is 3.94. The van der Waals surface area contributed by atoms with Gasteiger partial charge < -0.3 is 15.4 Å². The summed E-state index contributed by atoms with van der Waals surface area (Å²) in [6.45, 7) is 5.24. The number of nitrogens with one attached hydrogen (secondary N) is 2. The van der Waals surface area contributed by atoms with Crippen LogP contribution in [0.2, 0.25) is 0 Å². The van der Waals surface area contributed by atoms with Crippen LogP contribution in [-0.2, 0) is 4.74 Å². The van der Waals surface area contributed by atoms with Crippen molar-refractivity contribution in [3.8, 4) is 11.3 Å². The highest BCUT2D eigenvalue weighted by atomic mass is 32.1. The first-order valence-corrected chi connectivity index (χ1v) is 9.50. The van der Waals surface area contributed by atoms with Gasteiger partial charge >= 0.3 is 0 Å². The Kier molecular flexibility index (Phi) is 5.83. The summed E-state index contributed by atoms with van der Waals surface area (Å²) < 4.78 is 5.42. The van der Waals surface area contributed by atoms with E-state index in [4.69, 9.17) is 4.74 Å². The standard InChI is InChI=1S/C19H25N3O2S/c1-14-22-17(11-25-14)15-4-3-5-16(10-15)18(23)21-12-19(13-24-2)6-8-20-9-7-19/h3-5,10-11,20H,6-9,12-13H2,1-2H3,(H,21,23). The summed E-state index contributed by atoms with van der Waals surface area (Å²) in [4.78, 5) is 17.1. The molecule has 2 aromatic rings. The lowest BCUT2D eigenvalue weighted by molar-refractivity contribution is 0.0512. The lowest BCUT2D eigenvalue weighted by Gasteiger charge is -2.37. The minimum Gasteiger partial charge on any atom is -0.384 e. The number of carbonyl (C=O) groups is 1. The van der Waals surface area contributed by atoms with Crippen molar-refractivity contribution in [2.24, 2.45) is 5.41 Å². The average Bonchev–Trinajstić information content (AvgIpc) is 3.07. The van der Waals surface area contributed by atoms with Gasteiger partial charge in [0.15, 0.2) is 0 Å². The van der Waals surface area contributed by atoms with Gasteiger partial charge in [0.25, 0.3) is 5.91 Å². The van der Waals surface area contributed by atoms with Gasteiger partial charge in [-0.3, -0.25) is 4.79 Å². The fourth-order valence-electron chi connectivity index (χ4n) is 3.32. The topological polar surface area (TPSA) is 63.2 Å². The Morgan fingerprint density at radius 2 is 2.20 bits per heavy atom. The molecule has 25 heavy (non-hydrogen) atoms. The zero-order chi connectivity index (χ0) is 17.7. The number of ether oxygens (including phenoxy) is 1. The van der Waals surface area contributed by atoms with Crippen molar-refractivity contribution in [3.05, 3.63) is 40.2 Å². The molecule has 1 amide bonds. The van der Waals surface area contributed by atoms with Gasteiger partial charge in [0.1, 0.15) is 0 Å². The van der Waals surface area contributed by atoms with Crippen LogP contribution in [0.5, 0.6) is 0 Å². The monoisotopic (exact) mass is 359 g/mol. The van der Waals surface area contributed by atoms with Crippen molar-refractivity contribution in [2.45, 2.75) is 19.8 Å². The predicted molar refractivity (Wildman–Crippen MR) is 101 cm³/mol. The summed E-state index contributed by atoms with van der Waals surface area (Å²) in [6, 6.07) is 7.66. The fraction of sp³-hybridized carbons (Fsp3) is 0.474. The second kappa shape index (κ2) is 8.08. The van der Waals surface area contributed by atoms with Gasteiger partial charge in [0.05, 0.1) is 17.3 Å². The Hall–Kier alpha value is -1.76. The molecular formula is C19H25N3O2S. The first kappa shape index (κ1) is 18.0. The van der Waals surface area contributed by atoms with E-state index < -0.39 is 0 Å². The molecule has 0 aliphatic carbocycles. The number of aryl methyl sites for hydroxylation is 1. The molecule has 1 aromatic carbocycles. The zero-order valence-corrected chi connectivity index (χ0v) is 15.6. The minimum absolute atomic E-state index is 0.0271. The van der Waals surface area contributed by atoms with E-state index in [0.717, 1.165) is 42.2 Å². The van der Waals surface area contributed by atoms with Crippen molar-refractivity contribution in [2.75, 3.05) is 33.4 Å². The van der Waals surface area contributed by atoms with Crippen molar-refractivity contribution >= 4 is 17.2 Å². The number of hydrogen-bond donors (Lipinski definition) is 2. The van der Waals surface area contributed by atoms with E-state index >= 15 is 0 Å². The van der Waals surface area contributed by atoms with Gasteiger partial charge in [-0.1, -0.05) is 12.1 Å². The molecule has 0 unspecified atom stereocenters. The third-order valence-corrected chi connectivity index (χ3v) is 5.55. The summed E-state index contributed by atoms with van der Waals surface area (Å²) in [6.07, 6.45) is 2.03. The molecule has 5 nitrogen and oxygen atoms in total. The first-order valence-electron chi connectivity index (χ1n) is 8.62. The van der Waals surface area contributed by atoms with Crippen molar-refractivity contribution in [1.82, 2.24) is 15.6 Å². The molecule has 0 atom stereocenters. The van der Waals surface area contributed by atoms with E-state index in [0.29, 0.717) is 18.7 Å². The molecule has 134 valence electrons. The van der Waals surface area contributed by atoms with Crippen LogP contribution in [0, 0.1) is 12.3 Å². The minimum atomic E-state index is -0.0391. The lowest BCUT2D eigenvalue weighted by atomic mass is 9.79. The average molecular weight is 359 g/mol. The smallest absolute Gasteiger partial charge is 0.251 e. The van der Waals surface area contributed by atoms with E-state index in [1.807, 2.05) is 36.6 Å². The van der Waals surface area contributed by atoms with Crippen molar-refractivity contribution in [1.29, 1.82) is 0 Å². The SMILES string of the molecule is COCC1(CNC(=O)c2cccc(-c3csc(C)n3)c2)CCNCC1. The van der Waals surface area contributed by atoms with Gasteiger partial charge in [0, 0.05) is 35.6 Å². The van der Waals surface area contributed by atoms with Crippen LogP contribution in [0.4, 0.5) is 0 Å². The Balaban J connectivity index is 1.68. The molecule has 1 saturated heterocycles. The van der Waals surface area contributed by atoms with Crippen LogP contribution in [0.1, 0.15) is 28.2 Å². The number of aromatic nitrogens is 1. The summed E-state index contributed by atoms with van der Waals surface area (Å²) in [5.41, 5.74) is 2.60. The maximum atomic E-state index is 12.6. The van der Waals surface area contributed by atoms with E-state index in [-0.39, 0.29) is 11.3 Å². The maximum Gasteiger partial charge on any atom is 0.251 e. The normalized spacial score (nSPS) is 16.6. The highest BCUT2D eigenvalue weighted by molar-refractivity contribution is 7.09. The third-order valence-electron chi connectivity index (χ3n) is 4.78. The molecule has 0 radical (unpaired) electrons. The lowest BCUT2D eigenvalue weighted by Crippen LogP contribution is -2.47. The quantitative estimate of drug-likeness (QED) is 0.832. The number of nitrogens with zero attached hydrogens (tertiary/aromatic N) is 1. The molecule has 2 heterocycles. The van der Waals surface area contributed by atoms with Gasteiger partial charge in [-0.05, 0) is 45.0 Å². The van der Waals surface area contributed by atoms with Crippen LogP contribution in [0.3, 0.4) is 0 Å². The molecule has 1 aliphatic rings. The van der Waals surface area contributed by atoms with Crippen LogP contribution in [0.15, 0.2) is 29.6 Å². The molecule has 3 rings (SSSR count). The van der Waals surface area contributed by atoms with E-state index in [9.17, 15) is 4.79 Å². The second-order valence-corrected chi connectivity index (χ2v) is 7.76. The van der Waals surface area contributed by atoms with Crippen LogP contribution >= 0.6 is 11.3 Å². The molecular weight excluding hydrogens is 334 g/mol. The van der Waals surface area contributed by atoms with Gasteiger partial charge in [-0.15, -0.1) is 11.3 Å². The van der Waals surface area contributed by atoms with Gasteiger partial charge in [-0.25, -0.2) is 4.98 Å². The second-order valence-electron chi connectivity index (χ2n) is 6.70. The Morgan fingerprint density at radius 3 is 2.88 bits per heavy atom. The number of carbonyl (C=O) groups excluding carboxylic acids is 1. The van der Waals surface area contributed by atoms with Gasteiger partial charge in [-0.2, -0.15) is 0 Å². The maximum absolute atomic E-state index is 12.6. The molecule has 0 saturated carbocycles. The highest BCUT2D eigenvalue weighted by Crippen LogP contribution is 2.28. The number of rotatable bonds is 6. The number of benzene rings is 1. The predicted octanol–water partition coefficient (Wildman–Crippen LogP) is 2.86. The molecule has 6 heteroatoms. The number of piperidine rings is 1. The van der Waals surface area contributed by atoms with Crippen molar-refractivity contribution in [3.63, 3.8) is 0 Å². The number of thiazole rings is 1. The molecule has 1 aliphatic heterocycles. The summed E-state index contributed by atoms with van der Waals surface area (Å²) in [5, 5.41) is 9.53. The summed E-state index contributed by atoms with van der Waals surface area (Å²) >= 11 is 1.62.